The van der Waals surface area contributed by atoms with Crippen LogP contribution in [-0.4, -0.2) is 20.3 Å². The highest BCUT2D eigenvalue weighted by molar-refractivity contribution is 6.42. The van der Waals surface area contributed by atoms with Crippen LogP contribution in [0, 0.1) is 6.92 Å². The van der Waals surface area contributed by atoms with Gasteiger partial charge in [-0.1, -0.05) is 35.3 Å². The van der Waals surface area contributed by atoms with Crippen LogP contribution >= 0.6 is 23.2 Å². The normalized spacial score (nSPS) is 10.4. The number of benzene rings is 2. The summed E-state index contributed by atoms with van der Waals surface area (Å²) in [7, 11) is 1.63. The molecule has 22 heavy (non-hydrogen) atoms. The van der Waals surface area contributed by atoms with E-state index in [4.69, 9.17) is 37.4 Å². The fourth-order valence-electron chi connectivity index (χ4n) is 1.91. The zero-order chi connectivity index (χ0) is 15.9. The van der Waals surface area contributed by atoms with Crippen LogP contribution in [0.1, 0.15) is 12.0 Å². The largest absolute Gasteiger partial charge is 0.493 e. The molecule has 0 amide bonds. The quantitative estimate of drug-likeness (QED) is 0.651. The second-order valence-electron chi connectivity index (χ2n) is 4.76. The van der Waals surface area contributed by atoms with Crippen LogP contribution in [0.2, 0.25) is 10.0 Å². The van der Waals surface area contributed by atoms with Gasteiger partial charge in [0.1, 0.15) is 10.8 Å². The van der Waals surface area contributed by atoms with Gasteiger partial charge in [0, 0.05) is 6.42 Å². The number of methoxy groups -OCH3 is 1. The lowest BCUT2D eigenvalue weighted by Gasteiger charge is -2.12. The smallest absolute Gasteiger partial charge is 0.161 e. The van der Waals surface area contributed by atoms with E-state index >= 15 is 0 Å². The zero-order valence-electron chi connectivity index (χ0n) is 12.6. The second kappa shape index (κ2) is 8.16. The molecule has 0 saturated heterocycles. The van der Waals surface area contributed by atoms with Gasteiger partial charge >= 0.3 is 0 Å². The molecule has 0 aromatic heterocycles. The van der Waals surface area contributed by atoms with Crippen molar-refractivity contribution in [3.63, 3.8) is 0 Å². The Morgan fingerprint density at radius 2 is 1.64 bits per heavy atom. The maximum absolute atomic E-state index is 6.05. The summed E-state index contributed by atoms with van der Waals surface area (Å²) in [6.07, 6.45) is 0.722. The second-order valence-corrected chi connectivity index (χ2v) is 5.54. The topological polar surface area (TPSA) is 27.7 Å². The summed E-state index contributed by atoms with van der Waals surface area (Å²) < 4.78 is 16.6. The Hall–Kier alpha value is -1.58. The SMILES string of the molecule is COc1cc(C)ccc1OCCCOc1cccc(Cl)c1Cl. The third kappa shape index (κ3) is 4.46. The Morgan fingerprint density at radius 3 is 2.36 bits per heavy atom. The monoisotopic (exact) mass is 340 g/mol. The van der Waals surface area contributed by atoms with Gasteiger partial charge < -0.3 is 14.2 Å². The molecule has 0 aliphatic rings. The molecule has 5 heteroatoms. The molecule has 0 N–H and O–H groups in total. The molecule has 3 nitrogen and oxygen atoms in total. The molecule has 0 saturated carbocycles. The summed E-state index contributed by atoms with van der Waals surface area (Å²) in [5, 5.41) is 0.921. The lowest BCUT2D eigenvalue weighted by Crippen LogP contribution is -2.06. The molecule has 2 aromatic rings. The molecule has 0 atom stereocenters. The van der Waals surface area contributed by atoms with Crippen molar-refractivity contribution >= 4 is 23.2 Å². The van der Waals surface area contributed by atoms with Gasteiger partial charge in [0.15, 0.2) is 11.5 Å². The zero-order valence-corrected chi connectivity index (χ0v) is 14.1. The first-order valence-corrected chi connectivity index (χ1v) is 7.71. The maximum Gasteiger partial charge on any atom is 0.161 e. The van der Waals surface area contributed by atoms with Crippen LogP contribution in [0.25, 0.3) is 0 Å². The molecule has 0 radical (unpaired) electrons. The number of aryl methyl sites for hydroxylation is 1. The van der Waals surface area contributed by atoms with E-state index in [9.17, 15) is 0 Å². The van der Waals surface area contributed by atoms with Crippen LogP contribution in [0.5, 0.6) is 17.2 Å². The number of ether oxygens (including phenoxy) is 3. The molecular formula is C17H18Cl2O3. The van der Waals surface area contributed by atoms with Crippen molar-refractivity contribution in [1.82, 2.24) is 0 Å². The van der Waals surface area contributed by atoms with Gasteiger partial charge in [0.05, 0.1) is 25.3 Å². The molecule has 0 aliphatic heterocycles. The van der Waals surface area contributed by atoms with Gasteiger partial charge in [-0.25, -0.2) is 0 Å². The summed E-state index contributed by atoms with van der Waals surface area (Å²) in [5.41, 5.74) is 1.13. The summed E-state index contributed by atoms with van der Waals surface area (Å²) in [6, 6.07) is 11.2. The van der Waals surface area contributed by atoms with E-state index in [0.29, 0.717) is 29.0 Å². The average Bonchev–Trinajstić information content (AvgIpc) is 2.52. The Bertz CT molecular complexity index is 629. The van der Waals surface area contributed by atoms with E-state index in [0.717, 1.165) is 23.5 Å². The summed E-state index contributed by atoms with van der Waals surface area (Å²) in [4.78, 5) is 0. The summed E-state index contributed by atoms with van der Waals surface area (Å²) >= 11 is 12.0. The van der Waals surface area contributed by atoms with E-state index in [1.807, 2.05) is 25.1 Å². The lowest BCUT2D eigenvalue weighted by molar-refractivity contribution is 0.240. The van der Waals surface area contributed by atoms with Crippen LogP contribution in [0.4, 0.5) is 0 Å². The first kappa shape index (κ1) is 16.8. The molecule has 0 bridgehead atoms. The van der Waals surface area contributed by atoms with Gasteiger partial charge in [-0.15, -0.1) is 0 Å². The molecule has 0 aliphatic carbocycles. The Morgan fingerprint density at radius 1 is 0.909 bits per heavy atom. The molecule has 2 aromatic carbocycles. The van der Waals surface area contributed by atoms with Gasteiger partial charge in [-0.05, 0) is 36.8 Å². The van der Waals surface area contributed by atoms with Crippen molar-refractivity contribution < 1.29 is 14.2 Å². The fraction of sp³-hybridized carbons (Fsp3) is 0.294. The van der Waals surface area contributed by atoms with Crippen molar-refractivity contribution in [3.05, 3.63) is 52.0 Å². The van der Waals surface area contributed by atoms with Crippen molar-refractivity contribution in [2.24, 2.45) is 0 Å². The minimum absolute atomic E-state index is 0.435. The van der Waals surface area contributed by atoms with E-state index in [-0.39, 0.29) is 0 Å². The van der Waals surface area contributed by atoms with Crippen LogP contribution < -0.4 is 14.2 Å². The molecule has 0 unspecified atom stereocenters. The van der Waals surface area contributed by atoms with Gasteiger partial charge in [-0.2, -0.15) is 0 Å². The van der Waals surface area contributed by atoms with E-state index in [2.05, 4.69) is 0 Å². The Kier molecular flexibility index (Phi) is 6.22. The average molecular weight is 341 g/mol. The third-order valence-corrected chi connectivity index (χ3v) is 3.84. The van der Waals surface area contributed by atoms with Gasteiger partial charge in [0.2, 0.25) is 0 Å². The summed E-state index contributed by atoms with van der Waals surface area (Å²) in [6.45, 7) is 3.03. The highest BCUT2D eigenvalue weighted by Crippen LogP contribution is 2.31. The van der Waals surface area contributed by atoms with Gasteiger partial charge in [-0.3, -0.25) is 0 Å². The fourth-order valence-corrected chi connectivity index (χ4v) is 2.26. The highest BCUT2D eigenvalue weighted by Gasteiger charge is 2.06. The van der Waals surface area contributed by atoms with E-state index in [1.165, 1.54) is 0 Å². The van der Waals surface area contributed by atoms with Crippen LogP contribution in [-0.2, 0) is 0 Å². The maximum atomic E-state index is 6.05. The molecule has 118 valence electrons. The molecule has 0 fully saturated rings. The first-order valence-electron chi connectivity index (χ1n) is 6.96. The van der Waals surface area contributed by atoms with Crippen molar-refractivity contribution in [2.75, 3.05) is 20.3 Å². The predicted molar refractivity (Wildman–Crippen MR) is 89.8 cm³/mol. The highest BCUT2D eigenvalue weighted by atomic mass is 35.5. The number of hydrogen-bond donors (Lipinski definition) is 0. The molecular weight excluding hydrogens is 323 g/mol. The van der Waals surface area contributed by atoms with Crippen molar-refractivity contribution in [1.29, 1.82) is 0 Å². The number of hydrogen-bond acceptors (Lipinski definition) is 3. The lowest BCUT2D eigenvalue weighted by atomic mass is 10.2. The minimum atomic E-state index is 0.435. The predicted octanol–water partition coefficient (Wildman–Crippen LogP) is 5.16. The van der Waals surface area contributed by atoms with Crippen LogP contribution in [0.3, 0.4) is 0 Å². The van der Waals surface area contributed by atoms with Crippen molar-refractivity contribution in [3.8, 4) is 17.2 Å². The summed E-state index contributed by atoms with van der Waals surface area (Å²) in [5.74, 6) is 2.05. The number of rotatable bonds is 7. The van der Waals surface area contributed by atoms with E-state index in [1.54, 1.807) is 25.3 Å². The standard InChI is InChI=1S/C17H18Cl2O3/c1-12-7-8-14(16(11-12)20-2)21-9-4-10-22-15-6-3-5-13(18)17(15)19/h3,5-8,11H,4,9-10H2,1-2H3. The Labute approximate surface area is 140 Å². The molecule has 2 rings (SSSR count). The minimum Gasteiger partial charge on any atom is -0.493 e. The van der Waals surface area contributed by atoms with Gasteiger partial charge in [0.25, 0.3) is 0 Å². The Balaban J connectivity index is 1.79. The molecule has 0 spiro atoms. The van der Waals surface area contributed by atoms with E-state index < -0.39 is 0 Å². The third-order valence-electron chi connectivity index (χ3n) is 3.04. The number of halogens is 2. The van der Waals surface area contributed by atoms with Crippen LogP contribution in [0.15, 0.2) is 36.4 Å². The molecule has 0 heterocycles. The first-order chi connectivity index (χ1) is 10.6. The van der Waals surface area contributed by atoms with Crippen molar-refractivity contribution in [2.45, 2.75) is 13.3 Å².